The van der Waals surface area contributed by atoms with E-state index >= 15 is 0 Å². The second kappa shape index (κ2) is 7.15. The summed E-state index contributed by atoms with van der Waals surface area (Å²) >= 11 is 0. The van der Waals surface area contributed by atoms with Gasteiger partial charge in [0.25, 0.3) is 0 Å². The van der Waals surface area contributed by atoms with Crippen LogP contribution in [0.25, 0.3) is 0 Å². The third-order valence-electron chi connectivity index (χ3n) is 5.26. The number of benzene rings is 1. The summed E-state index contributed by atoms with van der Waals surface area (Å²) in [6.07, 6.45) is 5.24. The van der Waals surface area contributed by atoms with Gasteiger partial charge in [-0.15, -0.1) is 0 Å². The predicted octanol–water partition coefficient (Wildman–Crippen LogP) is 4.26. The first kappa shape index (κ1) is 18.5. The molecule has 1 aromatic rings. The molecule has 0 bridgehead atoms. The van der Waals surface area contributed by atoms with Crippen LogP contribution in [0.4, 0.5) is 0 Å². The molecule has 0 aliphatic heterocycles. The Kier molecular flexibility index (Phi) is 6.02. The second-order valence-corrected chi connectivity index (χ2v) is 6.56. The van der Waals surface area contributed by atoms with Crippen molar-refractivity contribution in [3.8, 4) is 11.8 Å². The van der Waals surface area contributed by atoms with Crippen LogP contribution in [0.3, 0.4) is 0 Å². The van der Waals surface area contributed by atoms with E-state index in [4.69, 9.17) is 11.0 Å². The van der Waals surface area contributed by atoms with Crippen molar-refractivity contribution < 1.29 is 5.11 Å². The molecule has 3 atom stereocenters. The van der Waals surface area contributed by atoms with Crippen LogP contribution in [0.1, 0.15) is 70.6 Å². The van der Waals surface area contributed by atoms with E-state index in [9.17, 15) is 5.11 Å². The molecule has 1 aliphatic carbocycles. The highest BCUT2D eigenvalue weighted by atomic mass is 16.3. The van der Waals surface area contributed by atoms with Crippen LogP contribution in [-0.2, 0) is 11.8 Å². The Morgan fingerprint density at radius 3 is 2.64 bits per heavy atom. The van der Waals surface area contributed by atoms with Gasteiger partial charge in [-0.3, -0.25) is 0 Å². The molecule has 0 radical (unpaired) electrons. The van der Waals surface area contributed by atoms with Crippen molar-refractivity contribution in [2.75, 3.05) is 0 Å². The van der Waals surface area contributed by atoms with Gasteiger partial charge in [-0.1, -0.05) is 47.5 Å². The molecular weight excluding hydrogens is 272 g/mol. The summed E-state index contributed by atoms with van der Waals surface area (Å²) in [4.78, 5) is 0. The Bertz CT molecular complexity index is 561. The number of phenols is 1. The molecule has 3 nitrogen and oxygen atoms in total. The summed E-state index contributed by atoms with van der Waals surface area (Å²) in [5.41, 5.74) is 9.19. The van der Waals surface area contributed by atoms with E-state index in [1.165, 1.54) is 5.56 Å². The summed E-state index contributed by atoms with van der Waals surface area (Å²) in [6.45, 7) is 6.59. The molecule has 0 aromatic heterocycles. The van der Waals surface area contributed by atoms with Crippen molar-refractivity contribution in [3.05, 3.63) is 28.8 Å². The van der Waals surface area contributed by atoms with Gasteiger partial charge in [-0.25, -0.2) is 0 Å². The Morgan fingerprint density at radius 1 is 1.41 bits per heavy atom. The maximum atomic E-state index is 10.1. The SMILES string of the molecule is C.CCCCC1(C)c2cc(O)c(C#N)cc2CC(CC)C1N. The number of nitriles is 1. The van der Waals surface area contributed by atoms with E-state index in [1.807, 2.05) is 6.07 Å². The van der Waals surface area contributed by atoms with E-state index < -0.39 is 0 Å². The molecule has 0 amide bonds. The van der Waals surface area contributed by atoms with Crippen LogP contribution in [-0.4, -0.2) is 11.1 Å². The average molecular weight is 302 g/mol. The quantitative estimate of drug-likeness (QED) is 0.873. The summed E-state index contributed by atoms with van der Waals surface area (Å²) in [5, 5.41) is 19.2. The summed E-state index contributed by atoms with van der Waals surface area (Å²) < 4.78 is 0. The minimum Gasteiger partial charge on any atom is -0.507 e. The fourth-order valence-electron chi connectivity index (χ4n) is 3.78. The number of nitrogens with zero attached hydrogens (tertiary/aromatic N) is 1. The highest BCUT2D eigenvalue weighted by Gasteiger charge is 2.42. The average Bonchev–Trinajstić information content (AvgIpc) is 2.49. The maximum Gasteiger partial charge on any atom is 0.133 e. The second-order valence-electron chi connectivity index (χ2n) is 6.56. The third-order valence-corrected chi connectivity index (χ3v) is 5.26. The molecule has 3 unspecified atom stereocenters. The van der Waals surface area contributed by atoms with E-state index in [-0.39, 0.29) is 24.6 Å². The smallest absolute Gasteiger partial charge is 0.133 e. The van der Waals surface area contributed by atoms with Gasteiger partial charge in [-0.05, 0) is 42.0 Å². The van der Waals surface area contributed by atoms with Crippen molar-refractivity contribution in [2.45, 2.75) is 71.8 Å². The number of aromatic hydroxyl groups is 1. The Labute approximate surface area is 135 Å². The highest BCUT2D eigenvalue weighted by Crippen LogP contribution is 2.45. The fraction of sp³-hybridized carbons (Fsp3) is 0.632. The number of phenolic OH excluding ortho intramolecular Hbond substituents is 1. The summed E-state index contributed by atoms with van der Waals surface area (Å²) in [7, 11) is 0. The van der Waals surface area contributed by atoms with E-state index in [0.717, 1.165) is 37.7 Å². The maximum absolute atomic E-state index is 10.1. The van der Waals surface area contributed by atoms with E-state index in [0.29, 0.717) is 11.5 Å². The van der Waals surface area contributed by atoms with Gasteiger partial charge in [-0.2, -0.15) is 5.26 Å². The first-order chi connectivity index (χ1) is 9.97. The molecule has 0 spiro atoms. The van der Waals surface area contributed by atoms with Crippen LogP contribution in [0.5, 0.6) is 5.75 Å². The zero-order valence-corrected chi connectivity index (χ0v) is 13.3. The normalized spacial score (nSPS) is 26.7. The minimum atomic E-state index is -0.115. The van der Waals surface area contributed by atoms with Crippen LogP contribution in [0.15, 0.2) is 12.1 Å². The molecular formula is C19H30N2O. The molecule has 3 heteroatoms. The molecule has 1 aromatic carbocycles. The van der Waals surface area contributed by atoms with Crippen LogP contribution in [0.2, 0.25) is 0 Å². The fourth-order valence-corrected chi connectivity index (χ4v) is 3.78. The Hall–Kier alpha value is -1.53. The molecule has 122 valence electrons. The number of unbranched alkanes of at least 4 members (excludes halogenated alkanes) is 1. The zero-order chi connectivity index (χ0) is 15.6. The lowest BCUT2D eigenvalue weighted by Gasteiger charge is -2.46. The molecule has 2 rings (SSSR count). The molecule has 0 heterocycles. The van der Waals surface area contributed by atoms with E-state index in [1.54, 1.807) is 6.07 Å². The van der Waals surface area contributed by atoms with Gasteiger partial charge >= 0.3 is 0 Å². The van der Waals surface area contributed by atoms with Gasteiger partial charge in [0.2, 0.25) is 0 Å². The van der Waals surface area contributed by atoms with Gasteiger partial charge in [0.1, 0.15) is 11.8 Å². The highest BCUT2D eigenvalue weighted by molar-refractivity contribution is 5.52. The topological polar surface area (TPSA) is 70.0 Å². The van der Waals surface area contributed by atoms with Gasteiger partial charge in [0, 0.05) is 11.5 Å². The Morgan fingerprint density at radius 2 is 2.09 bits per heavy atom. The number of hydrogen-bond acceptors (Lipinski definition) is 3. The van der Waals surface area contributed by atoms with Crippen molar-refractivity contribution in [2.24, 2.45) is 11.7 Å². The molecule has 1 aliphatic rings. The molecule has 0 saturated carbocycles. The zero-order valence-electron chi connectivity index (χ0n) is 13.3. The minimum absolute atomic E-state index is 0. The van der Waals surface area contributed by atoms with E-state index in [2.05, 4.69) is 26.8 Å². The predicted molar refractivity (Wildman–Crippen MR) is 91.9 cm³/mol. The first-order valence-corrected chi connectivity index (χ1v) is 8.00. The lowest BCUT2D eigenvalue weighted by Crippen LogP contribution is -2.52. The largest absolute Gasteiger partial charge is 0.507 e. The standard InChI is InChI=1S/C18H26N2O.CH4/c1-4-6-7-18(3)15-10-16(21)14(11-19)9-13(15)8-12(5-2)17(18)20;/h9-10,12,17,21H,4-8,20H2,1-3H3;1H4. The number of fused-ring (bicyclic) bond motifs is 1. The van der Waals surface area contributed by atoms with Crippen LogP contribution < -0.4 is 5.73 Å². The third kappa shape index (κ3) is 2.98. The van der Waals surface area contributed by atoms with Gasteiger partial charge in [0.05, 0.1) is 5.56 Å². The van der Waals surface area contributed by atoms with Gasteiger partial charge in [0.15, 0.2) is 0 Å². The van der Waals surface area contributed by atoms with Crippen molar-refractivity contribution in [1.82, 2.24) is 0 Å². The lowest BCUT2D eigenvalue weighted by molar-refractivity contribution is 0.227. The van der Waals surface area contributed by atoms with Gasteiger partial charge < -0.3 is 10.8 Å². The molecule has 3 N–H and O–H groups in total. The van der Waals surface area contributed by atoms with Crippen LogP contribution >= 0.6 is 0 Å². The monoisotopic (exact) mass is 302 g/mol. The van der Waals surface area contributed by atoms with Crippen LogP contribution in [0, 0.1) is 17.2 Å². The van der Waals surface area contributed by atoms with Crippen molar-refractivity contribution in [1.29, 1.82) is 5.26 Å². The number of rotatable bonds is 4. The number of nitrogens with two attached hydrogens (primary N) is 1. The molecule has 0 saturated heterocycles. The lowest BCUT2D eigenvalue weighted by atomic mass is 9.61. The molecule has 0 fully saturated rings. The molecule has 22 heavy (non-hydrogen) atoms. The first-order valence-electron chi connectivity index (χ1n) is 8.00. The summed E-state index contributed by atoms with van der Waals surface area (Å²) in [6, 6.07) is 5.84. The van der Waals surface area contributed by atoms with Crippen molar-refractivity contribution in [3.63, 3.8) is 0 Å². The summed E-state index contributed by atoms with van der Waals surface area (Å²) in [5.74, 6) is 0.525. The Balaban J connectivity index is 0.00000242. The number of hydrogen-bond donors (Lipinski definition) is 2. The van der Waals surface area contributed by atoms with Crippen molar-refractivity contribution >= 4 is 0 Å².